The number of ether oxygens (including phenoxy) is 1. The fourth-order valence-corrected chi connectivity index (χ4v) is 3.84. The van der Waals surface area contributed by atoms with Crippen LogP contribution < -0.4 is 4.74 Å². The number of nitrogens with zero attached hydrogens (tertiary/aromatic N) is 3. The third-order valence-electron chi connectivity index (χ3n) is 5.47. The highest BCUT2D eigenvalue weighted by Gasteiger charge is 2.41. The van der Waals surface area contributed by atoms with Crippen LogP contribution in [0.2, 0.25) is 0 Å². The Balaban J connectivity index is 1.29. The fraction of sp³-hybridized carbons (Fsp3) is 0.409. The molecule has 1 aromatic carbocycles. The average molecular weight is 379 g/mol. The number of hydrogen-bond donors (Lipinski definition) is 0. The summed E-state index contributed by atoms with van der Waals surface area (Å²) in [6.07, 6.45) is 4.71. The minimum atomic E-state index is -0.256. The third kappa shape index (κ3) is 3.86. The number of rotatable bonds is 6. The zero-order valence-electron chi connectivity index (χ0n) is 16.1. The first-order chi connectivity index (χ1) is 13.6. The zero-order chi connectivity index (χ0) is 19.5. The van der Waals surface area contributed by atoms with Crippen LogP contribution in [-0.4, -0.2) is 52.3 Å². The highest BCUT2D eigenvalue weighted by molar-refractivity contribution is 5.89. The topological polar surface area (TPSA) is 62.7 Å². The molecule has 2 amide bonds. The molecule has 2 aromatic rings. The van der Waals surface area contributed by atoms with Crippen molar-refractivity contribution in [2.45, 2.75) is 32.4 Å². The molecule has 2 aliphatic rings. The van der Waals surface area contributed by atoms with E-state index >= 15 is 0 Å². The van der Waals surface area contributed by atoms with E-state index in [9.17, 15) is 9.59 Å². The van der Waals surface area contributed by atoms with Gasteiger partial charge in [0.2, 0.25) is 11.8 Å². The Morgan fingerprint density at radius 1 is 1.18 bits per heavy atom. The van der Waals surface area contributed by atoms with Gasteiger partial charge in [-0.15, -0.1) is 0 Å². The van der Waals surface area contributed by atoms with Crippen molar-refractivity contribution in [2.75, 3.05) is 19.6 Å². The van der Waals surface area contributed by atoms with Gasteiger partial charge in [-0.2, -0.15) is 0 Å². The molecule has 1 atom stereocenters. The van der Waals surface area contributed by atoms with E-state index in [1.54, 1.807) is 17.3 Å². The first kappa shape index (κ1) is 18.5. The van der Waals surface area contributed by atoms with E-state index < -0.39 is 0 Å². The van der Waals surface area contributed by atoms with Crippen molar-refractivity contribution in [1.82, 2.24) is 14.8 Å². The second kappa shape index (κ2) is 8.00. The molecule has 1 aromatic heterocycles. The molecule has 0 bridgehead atoms. The molecule has 28 heavy (non-hydrogen) atoms. The number of aromatic nitrogens is 1. The van der Waals surface area contributed by atoms with Crippen LogP contribution in [0.5, 0.6) is 5.75 Å². The molecular weight excluding hydrogens is 354 g/mol. The SMILES string of the molecule is CCc1ccccc1OC1CN(C(=O)[C@@H]2CC(=O)N(Cc3cccnc3)C2)C1. The Morgan fingerprint density at radius 3 is 2.75 bits per heavy atom. The molecule has 2 saturated heterocycles. The van der Waals surface area contributed by atoms with E-state index in [-0.39, 0.29) is 23.8 Å². The van der Waals surface area contributed by atoms with E-state index in [2.05, 4.69) is 18.0 Å². The molecule has 6 nitrogen and oxygen atoms in total. The maximum Gasteiger partial charge on any atom is 0.228 e. The molecule has 4 rings (SSSR count). The summed E-state index contributed by atoms with van der Waals surface area (Å²) >= 11 is 0. The summed E-state index contributed by atoms with van der Waals surface area (Å²) in [6.45, 7) is 4.27. The van der Waals surface area contributed by atoms with Crippen molar-refractivity contribution >= 4 is 11.8 Å². The largest absolute Gasteiger partial charge is 0.486 e. The lowest BCUT2D eigenvalue weighted by atomic mass is 10.0. The smallest absolute Gasteiger partial charge is 0.228 e. The van der Waals surface area contributed by atoms with Gasteiger partial charge in [0, 0.05) is 31.9 Å². The van der Waals surface area contributed by atoms with Crippen molar-refractivity contribution in [2.24, 2.45) is 5.92 Å². The first-order valence-electron chi connectivity index (χ1n) is 9.84. The van der Waals surface area contributed by atoms with E-state index in [1.807, 2.05) is 35.2 Å². The number of benzene rings is 1. The summed E-state index contributed by atoms with van der Waals surface area (Å²) in [7, 11) is 0. The normalized spacial score (nSPS) is 19.6. The third-order valence-corrected chi connectivity index (χ3v) is 5.47. The van der Waals surface area contributed by atoms with Crippen molar-refractivity contribution in [3.8, 4) is 5.75 Å². The number of aryl methyl sites for hydroxylation is 1. The van der Waals surface area contributed by atoms with Crippen LogP contribution in [0.1, 0.15) is 24.5 Å². The van der Waals surface area contributed by atoms with Gasteiger partial charge in [0.15, 0.2) is 0 Å². The van der Waals surface area contributed by atoms with E-state index in [0.717, 1.165) is 17.7 Å². The predicted molar refractivity (Wildman–Crippen MR) is 105 cm³/mol. The van der Waals surface area contributed by atoms with Crippen molar-refractivity contribution < 1.29 is 14.3 Å². The van der Waals surface area contributed by atoms with Gasteiger partial charge in [0.25, 0.3) is 0 Å². The summed E-state index contributed by atoms with van der Waals surface area (Å²) in [6, 6.07) is 11.8. The van der Waals surface area contributed by atoms with Gasteiger partial charge in [-0.1, -0.05) is 31.2 Å². The van der Waals surface area contributed by atoms with Gasteiger partial charge in [-0.3, -0.25) is 14.6 Å². The van der Waals surface area contributed by atoms with Gasteiger partial charge >= 0.3 is 0 Å². The molecular formula is C22H25N3O3. The Morgan fingerprint density at radius 2 is 2.00 bits per heavy atom. The van der Waals surface area contributed by atoms with Crippen LogP contribution in [0.25, 0.3) is 0 Å². The minimum Gasteiger partial charge on any atom is -0.486 e. The molecule has 0 saturated carbocycles. The molecule has 0 radical (unpaired) electrons. The molecule has 2 fully saturated rings. The fourth-order valence-electron chi connectivity index (χ4n) is 3.84. The monoisotopic (exact) mass is 379 g/mol. The summed E-state index contributed by atoms with van der Waals surface area (Å²) in [4.78, 5) is 32.7. The van der Waals surface area contributed by atoms with E-state index in [1.165, 1.54) is 5.56 Å². The lowest BCUT2D eigenvalue weighted by Gasteiger charge is -2.40. The summed E-state index contributed by atoms with van der Waals surface area (Å²) in [5, 5.41) is 0. The summed E-state index contributed by atoms with van der Waals surface area (Å²) in [5.41, 5.74) is 2.16. The summed E-state index contributed by atoms with van der Waals surface area (Å²) in [5.74, 6) is 0.743. The molecule has 3 heterocycles. The van der Waals surface area contributed by atoms with E-state index in [0.29, 0.717) is 32.6 Å². The molecule has 0 unspecified atom stereocenters. The summed E-state index contributed by atoms with van der Waals surface area (Å²) < 4.78 is 6.06. The number of amides is 2. The Bertz CT molecular complexity index is 849. The second-order valence-electron chi connectivity index (χ2n) is 7.48. The molecule has 2 aliphatic heterocycles. The van der Waals surface area contributed by atoms with Crippen LogP contribution in [0.15, 0.2) is 48.8 Å². The van der Waals surface area contributed by atoms with Crippen LogP contribution >= 0.6 is 0 Å². The Hall–Kier alpha value is -2.89. The van der Waals surface area contributed by atoms with Gasteiger partial charge in [-0.25, -0.2) is 0 Å². The maximum atomic E-state index is 12.8. The van der Waals surface area contributed by atoms with Crippen LogP contribution in [0, 0.1) is 5.92 Å². The second-order valence-corrected chi connectivity index (χ2v) is 7.48. The van der Waals surface area contributed by atoms with Crippen molar-refractivity contribution in [3.63, 3.8) is 0 Å². The maximum absolute atomic E-state index is 12.8. The lowest BCUT2D eigenvalue weighted by molar-refractivity contribution is -0.144. The van der Waals surface area contributed by atoms with Gasteiger partial charge in [0.05, 0.1) is 19.0 Å². The van der Waals surface area contributed by atoms with Crippen LogP contribution in [0.4, 0.5) is 0 Å². The molecule has 0 aliphatic carbocycles. The predicted octanol–water partition coefficient (Wildman–Crippen LogP) is 2.28. The molecule has 0 spiro atoms. The first-order valence-corrected chi connectivity index (χ1v) is 9.84. The highest BCUT2D eigenvalue weighted by atomic mass is 16.5. The van der Waals surface area contributed by atoms with Crippen LogP contribution in [-0.2, 0) is 22.6 Å². The zero-order valence-corrected chi connectivity index (χ0v) is 16.1. The standard InChI is InChI=1S/C22H25N3O3/c1-2-17-7-3-4-8-20(17)28-19-14-25(15-19)22(27)18-10-21(26)24(13-18)12-16-6-5-9-23-11-16/h3-9,11,18-19H,2,10,12-15H2,1H3/t18-/m1/s1. The molecule has 6 heteroatoms. The number of pyridine rings is 1. The van der Waals surface area contributed by atoms with Gasteiger partial charge in [0.1, 0.15) is 11.9 Å². The molecule has 0 N–H and O–H groups in total. The number of carbonyl (C=O) groups is 2. The Labute approximate surface area is 165 Å². The van der Waals surface area contributed by atoms with Crippen LogP contribution in [0.3, 0.4) is 0 Å². The van der Waals surface area contributed by atoms with E-state index in [4.69, 9.17) is 4.74 Å². The van der Waals surface area contributed by atoms with Gasteiger partial charge in [-0.05, 0) is 29.7 Å². The van der Waals surface area contributed by atoms with Crippen molar-refractivity contribution in [1.29, 1.82) is 0 Å². The molecule has 146 valence electrons. The quantitative estimate of drug-likeness (QED) is 0.773. The Kier molecular flexibility index (Phi) is 5.28. The van der Waals surface area contributed by atoms with Gasteiger partial charge < -0.3 is 14.5 Å². The van der Waals surface area contributed by atoms with Crippen molar-refractivity contribution in [3.05, 3.63) is 59.9 Å². The average Bonchev–Trinajstić information content (AvgIpc) is 3.05. The lowest BCUT2D eigenvalue weighted by Crippen LogP contribution is -2.57. The number of likely N-dealkylation sites (tertiary alicyclic amines) is 2. The number of carbonyl (C=O) groups excluding carboxylic acids is 2. The minimum absolute atomic E-state index is 0.0280. The number of para-hydroxylation sites is 1. The highest BCUT2D eigenvalue weighted by Crippen LogP contribution is 2.27. The number of hydrogen-bond acceptors (Lipinski definition) is 4.